The molecule has 4 aliphatic rings. The second-order valence-corrected chi connectivity index (χ2v) is 7.39. The molecule has 1 aromatic rings. The predicted molar refractivity (Wildman–Crippen MR) is 95.5 cm³/mol. The van der Waals surface area contributed by atoms with E-state index in [1.165, 1.54) is 11.0 Å². The summed E-state index contributed by atoms with van der Waals surface area (Å²) in [6.45, 7) is -3.12. The van der Waals surface area contributed by atoms with Crippen molar-refractivity contribution in [1.82, 2.24) is 4.90 Å². The SMILES string of the molecule is Cl.[2H]C([2H])=C([2H])C([2H])([2H])N1CC[C@]23c4c5ccc(O)c4O[C@H]2[C@H](O)CC[C@]3(O)[C@H]1C5. The van der Waals surface area contributed by atoms with E-state index in [-0.39, 0.29) is 50.4 Å². The lowest BCUT2D eigenvalue weighted by Crippen LogP contribution is -2.77. The molecule has 0 radical (unpaired) electrons. The van der Waals surface area contributed by atoms with Crippen molar-refractivity contribution in [2.75, 3.05) is 13.0 Å². The number of hydrogen-bond acceptors (Lipinski definition) is 5. The van der Waals surface area contributed by atoms with Crippen LogP contribution in [0.3, 0.4) is 0 Å². The molecule has 2 heterocycles. The number of rotatable bonds is 2. The quantitative estimate of drug-likeness (QED) is 0.688. The third-order valence-electron chi connectivity index (χ3n) is 6.63. The van der Waals surface area contributed by atoms with E-state index in [2.05, 4.69) is 0 Å². The first-order valence-electron chi connectivity index (χ1n) is 10.9. The molecule has 2 bridgehead atoms. The van der Waals surface area contributed by atoms with Crippen molar-refractivity contribution in [2.45, 2.75) is 54.9 Å². The summed E-state index contributed by atoms with van der Waals surface area (Å²) < 4.78 is 45.7. The first-order valence-corrected chi connectivity index (χ1v) is 8.39. The lowest BCUT2D eigenvalue weighted by Gasteiger charge is -2.63. The topological polar surface area (TPSA) is 73.2 Å². The van der Waals surface area contributed by atoms with Gasteiger partial charge in [-0.1, -0.05) is 12.1 Å². The third kappa shape index (κ3) is 1.80. The van der Waals surface area contributed by atoms with Gasteiger partial charge in [0.25, 0.3) is 0 Å². The number of likely N-dealkylation sites (tertiary alicyclic amines) is 1. The van der Waals surface area contributed by atoms with Crippen LogP contribution in [-0.2, 0) is 11.8 Å². The minimum Gasteiger partial charge on any atom is -0.504 e. The number of hydrogen-bond donors (Lipinski definition) is 3. The molecule has 2 aliphatic heterocycles. The molecule has 5 atom stereocenters. The molecule has 25 heavy (non-hydrogen) atoms. The molecule has 2 aliphatic carbocycles. The van der Waals surface area contributed by atoms with Crippen LogP contribution in [0.4, 0.5) is 0 Å². The molecule has 0 unspecified atom stereocenters. The maximum atomic E-state index is 12.0. The number of benzene rings is 1. The van der Waals surface area contributed by atoms with Crippen molar-refractivity contribution in [3.05, 3.63) is 35.8 Å². The van der Waals surface area contributed by atoms with Gasteiger partial charge in [0.15, 0.2) is 11.5 Å². The van der Waals surface area contributed by atoms with Gasteiger partial charge in [0.1, 0.15) is 6.10 Å². The number of piperidine rings is 1. The monoisotopic (exact) mass is 370 g/mol. The highest BCUT2D eigenvalue weighted by atomic mass is 35.5. The zero-order chi connectivity index (χ0) is 20.9. The summed E-state index contributed by atoms with van der Waals surface area (Å²) in [7, 11) is 0. The number of nitrogens with zero attached hydrogens (tertiary/aromatic N) is 1. The van der Waals surface area contributed by atoms with Gasteiger partial charge in [-0.25, -0.2) is 0 Å². The van der Waals surface area contributed by atoms with Gasteiger partial charge in [-0.3, -0.25) is 4.90 Å². The van der Waals surface area contributed by atoms with Gasteiger partial charge in [-0.15, -0.1) is 18.9 Å². The molecule has 2 fully saturated rings. The highest BCUT2D eigenvalue weighted by Crippen LogP contribution is 2.65. The van der Waals surface area contributed by atoms with E-state index in [9.17, 15) is 15.3 Å². The standard InChI is InChI=1S/C19H23NO4.ClH/c1-2-8-20-9-7-18-15-11-3-4-12(21)16(15)24-17(18)13(22)5-6-19(18,23)14(20)10-11;/h2-4,13-14,17,21-23H,1,5-10H2;1H/t13-,14-,17+,18+,19+;/m1./s1/i1D2,2D,8D2;. The van der Waals surface area contributed by atoms with Crippen LogP contribution in [-0.4, -0.2) is 57.1 Å². The maximum Gasteiger partial charge on any atom is 0.165 e. The Balaban J connectivity index is 0.00000218. The van der Waals surface area contributed by atoms with Crippen LogP contribution in [0.2, 0.25) is 0 Å². The van der Waals surface area contributed by atoms with Crippen LogP contribution in [0.15, 0.2) is 24.7 Å². The fraction of sp³-hybridized carbons (Fsp3) is 0.579. The molecular formula is C19H24ClNO4. The summed E-state index contributed by atoms with van der Waals surface area (Å²) >= 11 is 0. The Morgan fingerprint density at radius 2 is 2.36 bits per heavy atom. The lowest BCUT2D eigenvalue weighted by molar-refractivity contribution is -0.206. The summed E-state index contributed by atoms with van der Waals surface area (Å²) in [6, 6.07) is 1.79. The number of halogens is 1. The second-order valence-electron chi connectivity index (χ2n) is 7.39. The second kappa shape index (κ2) is 5.36. The van der Waals surface area contributed by atoms with Gasteiger partial charge in [0, 0.05) is 20.8 Å². The van der Waals surface area contributed by atoms with Gasteiger partial charge >= 0.3 is 0 Å². The summed E-state index contributed by atoms with van der Waals surface area (Å²) in [5.41, 5.74) is -0.875. The molecule has 6 heteroatoms. The van der Waals surface area contributed by atoms with Crippen molar-refractivity contribution in [2.24, 2.45) is 0 Å². The highest BCUT2D eigenvalue weighted by Gasteiger charge is 2.72. The van der Waals surface area contributed by atoms with Crippen molar-refractivity contribution >= 4 is 12.4 Å². The van der Waals surface area contributed by atoms with Crippen LogP contribution in [0.25, 0.3) is 0 Å². The predicted octanol–water partition coefficient (Wildman–Crippen LogP) is 1.51. The number of aliphatic hydroxyl groups is 2. The van der Waals surface area contributed by atoms with Crippen LogP contribution in [0.5, 0.6) is 11.5 Å². The van der Waals surface area contributed by atoms with E-state index in [0.29, 0.717) is 11.3 Å². The summed E-state index contributed by atoms with van der Waals surface area (Å²) in [4.78, 5) is 1.40. The van der Waals surface area contributed by atoms with Crippen molar-refractivity contribution in [3.8, 4) is 11.5 Å². The first-order chi connectivity index (χ1) is 13.6. The smallest absolute Gasteiger partial charge is 0.165 e. The summed E-state index contributed by atoms with van der Waals surface area (Å²) in [5.74, 6) is 0.255. The van der Waals surface area contributed by atoms with Crippen LogP contribution in [0.1, 0.15) is 37.2 Å². The molecule has 136 valence electrons. The van der Waals surface area contributed by atoms with Crippen molar-refractivity contribution in [3.63, 3.8) is 0 Å². The minimum absolute atomic E-state index is 0. The van der Waals surface area contributed by atoms with E-state index in [4.69, 9.17) is 11.6 Å². The Bertz CT molecular complexity index is 942. The molecule has 1 spiro atoms. The number of aliphatic hydroxyl groups excluding tert-OH is 1. The van der Waals surface area contributed by atoms with Crippen LogP contribution >= 0.6 is 12.4 Å². The van der Waals surface area contributed by atoms with E-state index >= 15 is 0 Å². The Hall–Kier alpha value is -1.27. The van der Waals surface area contributed by atoms with Crippen molar-refractivity contribution in [1.29, 1.82) is 0 Å². The molecule has 1 saturated heterocycles. The first kappa shape index (κ1) is 12.2. The molecule has 1 saturated carbocycles. The number of phenols is 1. The van der Waals surface area contributed by atoms with Crippen LogP contribution in [0, 0.1) is 0 Å². The minimum atomic E-state index is -2.39. The molecule has 5 nitrogen and oxygen atoms in total. The zero-order valence-corrected chi connectivity index (χ0v) is 14.3. The number of aromatic hydroxyl groups is 1. The van der Waals surface area contributed by atoms with E-state index < -0.39 is 48.3 Å². The van der Waals surface area contributed by atoms with Gasteiger partial charge in [0.2, 0.25) is 0 Å². The molecule has 3 N–H and O–H groups in total. The summed E-state index contributed by atoms with van der Waals surface area (Å²) in [6.07, 6.45) is -0.517. The molecule has 0 aromatic heterocycles. The van der Waals surface area contributed by atoms with E-state index in [1.807, 2.05) is 0 Å². The fourth-order valence-corrected chi connectivity index (χ4v) is 5.72. The average molecular weight is 371 g/mol. The Morgan fingerprint density at radius 1 is 1.52 bits per heavy atom. The Kier molecular flexibility index (Phi) is 2.61. The lowest BCUT2D eigenvalue weighted by atomic mass is 9.48. The maximum absolute atomic E-state index is 12.0. The fourth-order valence-electron chi connectivity index (χ4n) is 5.72. The van der Waals surface area contributed by atoms with Gasteiger partial charge < -0.3 is 20.1 Å². The highest BCUT2D eigenvalue weighted by molar-refractivity contribution is 5.85. The molecular weight excluding hydrogens is 342 g/mol. The number of ether oxygens (including phenoxy) is 1. The average Bonchev–Trinajstić information content (AvgIpc) is 3.01. The Morgan fingerprint density at radius 3 is 3.16 bits per heavy atom. The van der Waals surface area contributed by atoms with Gasteiger partial charge in [0.05, 0.1) is 21.2 Å². The Labute approximate surface area is 160 Å². The molecule has 1 aromatic carbocycles. The number of phenolic OH excluding ortho intramolecular Hbond substituents is 1. The largest absolute Gasteiger partial charge is 0.504 e. The van der Waals surface area contributed by atoms with Crippen molar-refractivity contribution < 1.29 is 26.9 Å². The van der Waals surface area contributed by atoms with E-state index in [0.717, 1.165) is 5.56 Å². The van der Waals surface area contributed by atoms with Crippen LogP contribution < -0.4 is 4.74 Å². The molecule has 5 rings (SSSR count). The zero-order valence-electron chi connectivity index (χ0n) is 18.5. The summed E-state index contributed by atoms with van der Waals surface area (Å²) in [5, 5.41) is 33.1. The molecule has 0 amide bonds. The van der Waals surface area contributed by atoms with E-state index in [1.54, 1.807) is 6.07 Å². The van der Waals surface area contributed by atoms with Gasteiger partial charge in [-0.05, 0) is 43.9 Å². The van der Waals surface area contributed by atoms with Gasteiger partial charge in [-0.2, -0.15) is 0 Å². The third-order valence-corrected chi connectivity index (χ3v) is 6.63. The normalized spacial score (nSPS) is 43.9.